The predicted octanol–water partition coefficient (Wildman–Crippen LogP) is 5.60. The lowest BCUT2D eigenvalue weighted by Crippen LogP contribution is -2.27. The SMILES string of the molecule is CCN1\C(=C/C=C/C=C/C=C/C2=[N+](CC)c3ccc(S(=O)(=O)[O-])cc3C2(C)C)C(C)(C)c2cc(S(=O)(=O)O)ccc21. The van der Waals surface area contributed by atoms with Gasteiger partial charge in [-0.05, 0) is 69.7 Å². The first-order chi connectivity index (χ1) is 19.0. The molecule has 0 saturated carbocycles. The van der Waals surface area contributed by atoms with Crippen LogP contribution in [0.15, 0.2) is 94.4 Å². The number of nitrogens with zero attached hydrogens (tertiary/aromatic N) is 2. The second kappa shape index (κ2) is 10.8. The summed E-state index contributed by atoms with van der Waals surface area (Å²) in [7, 11) is -8.84. The summed E-state index contributed by atoms with van der Waals surface area (Å²) in [4.78, 5) is 1.80. The number of hydrogen-bond acceptors (Lipinski definition) is 6. The van der Waals surface area contributed by atoms with E-state index in [1.165, 1.54) is 18.2 Å². The summed E-state index contributed by atoms with van der Waals surface area (Å²) in [5, 5.41) is 0. The second-order valence-corrected chi connectivity index (χ2v) is 13.9. The minimum atomic E-state index is -4.54. The van der Waals surface area contributed by atoms with Crippen molar-refractivity contribution in [1.29, 1.82) is 0 Å². The fourth-order valence-corrected chi connectivity index (χ4v) is 6.80. The summed E-state index contributed by atoms with van der Waals surface area (Å²) in [6.45, 7) is 13.5. The molecule has 41 heavy (non-hydrogen) atoms. The molecule has 0 amide bonds. The summed E-state index contributed by atoms with van der Waals surface area (Å²) < 4.78 is 69.8. The molecule has 0 unspecified atom stereocenters. The highest BCUT2D eigenvalue weighted by Gasteiger charge is 2.44. The number of rotatable bonds is 8. The van der Waals surface area contributed by atoms with Crippen molar-refractivity contribution in [1.82, 2.24) is 0 Å². The molecule has 0 aromatic heterocycles. The van der Waals surface area contributed by atoms with Gasteiger partial charge in [0.1, 0.15) is 16.7 Å². The highest BCUT2D eigenvalue weighted by atomic mass is 32.2. The minimum Gasteiger partial charge on any atom is -0.744 e. The summed E-state index contributed by atoms with van der Waals surface area (Å²) in [6.07, 6.45) is 13.6. The lowest BCUT2D eigenvalue weighted by molar-refractivity contribution is -0.433. The third kappa shape index (κ3) is 5.61. The van der Waals surface area contributed by atoms with Crippen LogP contribution in [-0.4, -0.2) is 49.3 Å². The quantitative estimate of drug-likeness (QED) is 0.239. The second-order valence-electron chi connectivity index (χ2n) is 11.1. The van der Waals surface area contributed by atoms with Gasteiger partial charge in [-0.3, -0.25) is 4.55 Å². The maximum absolute atomic E-state index is 11.7. The van der Waals surface area contributed by atoms with Crippen LogP contribution in [0.1, 0.15) is 52.7 Å². The van der Waals surface area contributed by atoms with Crippen LogP contribution in [0.2, 0.25) is 0 Å². The van der Waals surface area contributed by atoms with Crippen LogP contribution in [0.3, 0.4) is 0 Å². The van der Waals surface area contributed by atoms with E-state index in [4.69, 9.17) is 0 Å². The Bertz CT molecular complexity index is 1760. The molecule has 0 bridgehead atoms. The normalized spacial score (nSPS) is 19.3. The zero-order valence-electron chi connectivity index (χ0n) is 24.1. The fourth-order valence-electron chi connectivity index (χ4n) is 5.79. The average Bonchev–Trinajstić information content (AvgIpc) is 3.24. The van der Waals surface area contributed by atoms with E-state index in [0.717, 1.165) is 33.9 Å². The van der Waals surface area contributed by atoms with Crippen LogP contribution in [0.5, 0.6) is 0 Å². The highest BCUT2D eigenvalue weighted by molar-refractivity contribution is 7.86. The van der Waals surface area contributed by atoms with Gasteiger partial charge in [-0.25, -0.2) is 8.42 Å². The monoisotopic (exact) mass is 596 g/mol. The molecule has 0 radical (unpaired) electrons. The van der Waals surface area contributed by atoms with Crippen molar-refractivity contribution in [3.63, 3.8) is 0 Å². The van der Waals surface area contributed by atoms with Crippen LogP contribution >= 0.6 is 0 Å². The molecule has 1 N–H and O–H groups in total. The third-order valence-electron chi connectivity index (χ3n) is 7.90. The molecule has 2 aromatic carbocycles. The Kier molecular flexibility index (Phi) is 8.09. The lowest BCUT2D eigenvalue weighted by atomic mass is 9.81. The van der Waals surface area contributed by atoms with Crippen LogP contribution < -0.4 is 4.90 Å². The van der Waals surface area contributed by atoms with Gasteiger partial charge in [0.25, 0.3) is 10.1 Å². The number of fused-ring (bicyclic) bond motifs is 2. The number of benzene rings is 2. The molecule has 2 heterocycles. The number of hydrogen-bond donors (Lipinski definition) is 1. The molecule has 8 nitrogen and oxygen atoms in total. The van der Waals surface area contributed by atoms with Gasteiger partial charge in [0.2, 0.25) is 5.69 Å². The van der Waals surface area contributed by atoms with Gasteiger partial charge in [-0.1, -0.05) is 44.2 Å². The Balaban J connectivity index is 1.55. The fraction of sp³-hybridized carbons (Fsp3) is 0.323. The molecule has 2 aliphatic heterocycles. The molecule has 0 spiro atoms. The van der Waals surface area contributed by atoms with Crippen LogP contribution in [-0.2, 0) is 31.1 Å². The van der Waals surface area contributed by atoms with Gasteiger partial charge >= 0.3 is 0 Å². The van der Waals surface area contributed by atoms with E-state index < -0.39 is 31.1 Å². The molecule has 218 valence electrons. The smallest absolute Gasteiger partial charge is 0.294 e. The van der Waals surface area contributed by atoms with Crippen molar-refractivity contribution in [3.8, 4) is 0 Å². The van der Waals surface area contributed by atoms with E-state index in [-0.39, 0.29) is 9.79 Å². The molecule has 4 rings (SSSR count). The van der Waals surface area contributed by atoms with Crippen molar-refractivity contribution < 1.29 is 30.5 Å². The van der Waals surface area contributed by atoms with Gasteiger partial charge in [0.15, 0.2) is 5.71 Å². The molecule has 2 aromatic rings. The number of allylic oxidation sites excluding steroid dienone is 8. The Morgan fingerprint density at radius 2 is 1.46 bits per heavy atom. The number of likely N-dealkylation sites (N-methyl/N-ethyl adjacent to an activating group) is 1. The maximum Gasteiger partial charge on any atom is 0.294 e. The van der Waals surface area contributed by atoms with Crippen molar-refractivity contribution in [3.05, 3.63) is 95.8 Å². The van der Waals surface area contributed by atoms with E-state index in [0.29, 0.717) is 13.1 Å². The number of anilines is 1. The molecule has 0 fully saturated rings. The molecule has 0 aliphatic carbocycles. The van der Waals surface area contributed by atoms with E-state index in [1.54, 1.807) is 18.2 Å². The molecular formula is C31H36N2O6S2. The first-order valence-corrected chi connectivity index (χ1v) is 16.3. The predicted molar refractivity (Wildman–Crippen MR) is 161 cm³/mol. The van der Waals surface area contributed by atoms with E-state index >= 15 is 0 Å². The molecule has 0 atom stereocenters. The van der Waals surface area contributed by atoms with Gasteiger partial charge in [-0.2, -0.15) is 13.0 Å². The van der Waals surface area contributed by atoms with Gasteiger partial charge < -0.3 is 9.45 Å². The van der Waals surface area contributed by atoms with Gasteiger partial charge in [-0.15, -0.1) is 0 Å². The van der Waals surface area contributed by atoms with Gasteiger partial charge in [0.05, 0.1) is 15.2 Å². The maximum atomic E-state index is 11.7. The van der Waals surface area contributed by atoms with E-state index in [9.17, 15) is 25.9 Å². The topological polar surface area (TPSA) is 118 Å². The van der Waals surface area contributed by atoms with E-state index in [1.807, 2.05) is 84.1 Å². The first-order valence-electron chi connectivity index (χ1n) is 13.4. The van der Waals surface area contributed by atoms with E-state index in [2.05, 4.69) is 9.48 Å². The summed E-state index contributed by atoms with van der Waals surface area (Å²) in [6, 6.07) is 9.25. The van der Waals surface area contributed by atoms with Crippen LogP contribution in [0, 0.1) is 0 Å². The molecule has 10 heteroatoms. The largest absolute Gasteiger partial charge is 0.744 e. The first kappa shape index (κ1) is 30.6. The third-order valence-corrected chi connectivity index (χ3v) is 9.58. The summed E-state index contributed by atoms with van der Waals surface area (Å²) in [5.41, 5.74) is 4.51. The lowest BCUT2D eigenvalue weighted by Gasteiger charge is -2.25. The highest BCUT2D eigenvalue weighted by Crippen LogP contribution is 2.48. The van der Waals surface area contributed by atoms with Crippen LogP contribution in [0.4, 0.5) is 11.4 Å². The van der Waals surface area contributed by atoms with Crippen molar-refractivity contribution in [2.75, 3.05) is 18.0 Å². The van der Waals surface area contributed by atoms with Gasteiger partial charge in [0, 0.05) is 41.1 Å². The van der Waals surface area contributed by atoms with Crippen LogP contribution in [0.25, 0.3) is 0 Å². The molecular weight excluding hydrogens is 560 g/mol. The Hall–Kier alpha value is -3.31. The van der Waals surface area contributed by atoms with Crippen molar-refractivity contribution >= 4 is 37.3 Å². The Morgan fingerprint density at radius 3 is 2.07 bits per heavy atom. The summed E-state index contributed by atoms with van der Waals surface area (Å²) >= 11 is 0. The zero-order chi connectivity index (χ0) is 30.4. The molecule has 2 aliphatic rings. The zero-order valence-corrected chi connectivity index (χ0v) is 25.8. The minimum absolute atomic E-state index is 0.115. The average molecular weight is 597 g/mol. The Morgan fingerprint density at radius 1 is 0.854 bits per heavy atom. The van der Waals surface area contributed by atoms with Crippen molar-refractivity contribution in [2.24, 2.45) is 0 Å². The standard InChI is InChI=1S/C31H36N2O6S2/c1-7-32-26-18-16-22(40(34,35)36)20-24(26)30(3,4)28(32)14-12-10-9-11-13-15-29-31(5,6)25-21-23(41(37,38)39)17-19-27(25)33(29)8-2/h9-21H,7-8H2,1-6H3,(H-,34,35,36,37,38,39). The Labute approximate surface area is 243 Å². The van der Waals surface area contributed by atoms with Crippen molar-refractivity contribution in [2.45, 2.75) is 62.2 Å². The summed E-state index contributed by atoms with van der Waals surface area (Å²) in [5.74, 6) is 0. The molecule has 0 saturated heterocycles.